The van der Waals surface area contributed by atoms with Crippen molar-refractivity contribution in [2.75, 3.05) is 12.3 Å². The average Bonchev–Trinajstić information content (AvgIpc) is 2.51. The molecule has 0 fully saturated rings. The number of benzene rings is 2. The van der Waals surface area contributed by atoms with Crippen LogP contribution in [0, 0.1) is 5.82 Å². The van der Waals surface area contributed by atoms with Crippen LogP contribution in [0.2, 0.25) is 0 Å². The molecule has 140 valence electrons. The summed E-state index contributed by atoms with van der Waals surface area (Å²) < 4.78 is 24.5. The molecule has 0 heterocycles. The summed E-state index contributed by atoms with van der Waals surface area (Å²) >= 11 is 0. The summed E-state index contributed by atoms with van der Waals surface area (Å²) in [6, 6.07) is 13.3. The van der Waals surface area contributed by atoms with Crippen LogP contribution in [0.25, 0.3) is 0 Å². The fraction of sp³-hybridized carbons (Fsp3) is 0.350. The zero-order chi connectivity index (χ0) is 19.2. The number of halogens is 1. The van der Waals surface area contributed by atoms with E-state index in [9.17, 15) is 9.18 Å². The van der Waals surface area contributed by atoms with E-state index in [0.717, 1.165) is 5.56 Å². The van der Waals surface area contributed by atoms with Gasteiger partial charge in [0.15, 0.2) is 0 Å². The van der Waals surface area contributed by atoms with Gasteiger partial charge in [0.2, 0.25) is 0 Å². The lowest BCUT2D eigenvalue weighted by Gasteiger charge is -2.23. The third-order valence-corrected chi connectivity index (χ3v) is 3.39. The summed E-state index contributed by atoms with van der Waals surface area (Å²) in [7, 11) is 0. The monoisotopic (exact) mass is 360 g/mol. The Kier molecular flexibility index (Phi) is 6.44. The van der Waals surface area contributed by atoms with E-state index >= 15 is 0 Å². The number of carbonyl (C=O) groups excluding carboxylic acids is 1. The van der Waals surface area contributed by atoms with Gasteiger partial charge in [-0.15, -0.1) is 0 Å². The highest BCUT2D eigenvalue weighted by atomic mass is 19.1. The molecule has 0 aromatic heterocycles. The molecule has 26 heavy (non-hydrogen) atoms. The number of nitrogens with one attached hydrogen (secondary N) is 1. The van der Waals surface area contributed by atoms with Crippen LogP contribution in [-0.4, -0.2) is 24.3 Å². The van der Waals surface area contributed by atoms with Crippen LogP contribution in [0.3, 0.4) is 0 Å². The highest BCUT2D eigenvalue weighted by Crippen LogP contribution is 2.17. The Morgan fingerprint density at radius 3 is 2.58 bits per heavy atom. The van der Waals surface area contributed by atoms with Gasteiger partial charge in [-0.1, -0.05) is 18.2 Å². The Bertz CT molecular complexity index is 696. The van der Waals surface area contributed by atoms with Gasteiger partial charge < -0.3 is 20.5 Å². The molecule has 5 nitrogen and oxygen atoms in total. The Hall–Kier alpha value is -2.76. The van der Waals surface area contributed by atoms with Crippen molar-refractivity contribution in [2.24, 2.45) is 0 Å². The van der Waals surface area contributed by atoms with Gasteiger partial charge in [-0.25, -0.2) is 9.18 Å². The zero-order valence-corrected chi connectivity index (χ0v) is 15.3. The van der Waals surface area contributed by atoms with Gasteiger partial charge in [-0.2, -0.15) is 0 Å². The third-order valence-electron chi connectivity index (χ3n) is 3.39. The second kappa shape index (κ2) is 8.56. The van der Waals surface area contributed by atoms with Gasteiger partial charge in [0.1, 0.15) is 23.3 Å². The summed E-state index contributed by atoms with van der Waals surface area (Å²) in [5, 5.41) is 2.70. The molecule has 6 heteroatoms. The summed E-state index contributed by atoms with van der Waals surface area (Å²) in [6.45, 7) is 5.58. The van der Waals surface area contributed by atoms with Crippen molar-refractivity contribution < 1.29 is 18.7 Å². The molecule has 1 unspecified atom stereocenters. The lowest BCUT2D eigenvalue weighted by atomic mass is 10.1. The van der Waals surface area contributed by atoms with Crippen LogP contribution in [0.5, 0.6) is 5.75 Å². The molecule has 0 spiro atoms. The standard InChI is InChI=1S/C20H25FN2O3/c1-20(2,3)26-19(24)23-13-18(11-14-6-4-8-16(22)10-14)25-17-9-5-7-15(21)12-17/h4-10,12,18H,11,13,22H2,1-3H3,(H,23,24). The molecular weight excluding hydrogens is 335 g/mol. The smallest absolute Gasteiger partial charge is 0.407 e. The quantitative estimate of drug-likeness (QED) is 0.766. The average molecular weight is 360 g/mol. The molecule has 0 aliphatic carbocycles. The summed E-state index contributed by atoms with van der Waals surface area (Å²) in [5.41, 5.74) is 6.83. The molecule has 3 N–H and O–H groups in total. The van der Waals surface area contributed by atoms with Crippen molar-refractivity contribution in [1.29, 1.82) is 0 Å². The summed E-state index contributed by atoms with van der Waals surface area (Å²) in [5.74, 6) is 0.00944. The minimum atomic E-state index is -0.586. The normalized spacial score (nSPS) is 12.3. The van der Waals surface area contributed by atoms with Crippen LogP contribution >= 0.6 is 0 Å². The first-order valence-corrected chi connectivity index (χ1v) is 8.45. The largest absolute Gasteiger partial charge is 0.488 e. The molecule has 0 aliphatic heterocycles. The maximum Gasteiger partial charge on any atom is 0.407 e. The fourth-order valence-electron chi connectivity index (χ4n) is 2.38. The first-order valence-electron chi connectivity index (χ1n) is 8.45. The molecule has 0 saturated carbocycles. The van der Waals surface area contributed by atoms with Crippen molar-refractivity contribution in [3.05, 3.63) is 59.9 Å². The van der Waals surface area contributed by atoms with Gasteiger partial charge in [-0.05, 0) is 50.6 Å². The number of nitrogen functional groups attached to an aromatic ring is 1. The van der Waals surface area contributed by atoms with Crippen LogP contribution < -0.4 is 15.8 Å². The van der Waals surface area contributed by atoms with E-state index in [2.05, 4.69) is 5.32 Å². The van der Waals surface area contributed by atoms with Gasteiger partial charge in [0.25, 0.3) is 0 Å². The molecule has 1 amide bonds. The van der Waals surface area contributed by atoms with Gasteiger partial charge in [0, 0.05) is 18.2 Å². The van der Waals surface area contributed by atoms with Crippen LogP contribution in [0.1, 0.15) is 26.3 Å². The summed E-state index contributed by atoms with van der Waals surface area (Å²) in [6.07, 6.45) is -0.443. The lowest BCUT2D eigenvalue weighted by Crippen LogP contribution is -2.39. The van der Waals surface area contributed by atoms with Crippen molar-refractivity contribution in [2.45, 2.75) is 38.9 Å². The highest BCUT2D eigenvalue weighted by molar-refractivity contribution is 5.67. The van der Waals surface area contributed by atoms with E-state index < -0.39 is 17.8 Å². The number of ether oxygens (including phenoxy) is 2. The number of anilines is 1. The van der Waals surface area contributed by atoms with E-state index in [1.165, 1.54) is 12.1 Å². The first-order chi connectivity index (χ1) is 12.2. The molecule has 0 radical (unpaired) electrons. The Balaban J connectivity index is 2.06. The lowest BCUT2D eigenvalue weighted by molar-refractivity contribution is 0.0500. The van der Waals surface area contributed by atoms with Crippen molar-refractivity contribution in [3.8, 4) is 5.75 Å². The molecular formula is C20H25FN2O3. The number of hydrogen-bond acceptors (Lipinski definition) is 4. The van der Waals surface area contributed by atoms with E-state index in [4.69, 9.17) is 15.2 Å². The summed E-state index contributed by atoms with van der Waals surface area (Å²) in [4.78, 5) is 11.9. The second-order valence-corrected chi connectivity index (χ2v) is 7.03. The minimum Gasteiger partial charge on any atom is -0.488 e. The number of hydrogen-bond donors (Lipinski definition) is 2. The topological polar surface area (TPSA) is 73.6 Å². The number of alkyl carbamates (subject to hydrolysis) is 1. The minimum absolute atomic E-state index is 0.209. The highest BCUT2D eigenvalue weighted by Gasteiger charge is 2.19. The number of amides is 1. The Morgan fingerprint density at radius 1 is 1.19 bits per heavy atom. The molecule has 2 aromatic carbocycles. The predicted octanol–water partition coefficient (Wildman–Crippen LogP) is 3.92. The van der Waals surface area contributed by atoms with Gasteiger partial charge in [-0.3, -0.25) is 0 Å². The molecule has 0 aliphatic rings. The SMILES string of the molecule is CC(C)(C)OC(=O)NCC(Cc1cccc(N)c1)Oc1cccc(F)c1. The molecule has 1 atom stereocenters. The maximum absolute atomic E-state index is 13.4. The molecule has 2 aromatic rings. The van der Waals surface area contributed by atoms with Gasteiger partial charge >= 0.3 is 6.09 Å². The molecule has 0 saturated heterocycles. The van der Waals surface area contributed by atoms with Gasteiger partial charge in [0.05, 0.1) is 6.54 Å². The number of nitrogens with two attached hydrogens (primary N) is 1. The van der Waals surface area contributed by atoms with E-state index in [0.29, 0.717) is 17.9 Å². The zero-order valence-electron chi connectivity index (χ0n) is 15.3. The Labute approximate surface area is 153 Å². The van der Waals surface area contributed by atoms with Crippen molar-refractivity contribution in [1.82, 2.24) is 5.32 Å². The fourth-order valence-corrected chi connectivity index (χ4v) is 2.38. The third kappa shape index (κ3) is 7.01. The second-order valence-electron chi connectivity index (χ2n) is 7.03. The van der Waals surface area contributed by atoms with Crippen molar-refractivity contribution >= 4 is 11.8 Å². The van der Waals surface area contributed by atoms with Crippen LogP contribution in [0.15, 0.2) is 48.5 Å². The number of carbonyl (C=O) groups is 1. The molecule has 2 rings (SSSR count). The maximum atomic E-state index is 13.4. The van der Waals surface area contributed by atoms with E-state index in [-0.39, 0.29) is 12.4 Å². The first kappa shape index (κ1) is 19.6. The number of rotatable bonds is 6. The van der Waals surface area contributed by atoms with Crippen molar-refractivity contribution in [3.63, 3.8) is 0 Å². The van der Waals surface area contributed by atoms with E-state index in [1.54, 1.807) is 39.0 Å². The molecule has 0 bridgehead atoms. The Morgan fingerprint density at radius 2 is 1.92 bits per heavy atom. The predicted molar refractivity (Wildman–Crippen MR) is 99.6 cm³/mol. The van der Waals surface area contributed by atoms with Crippen LogP contribution in [0.4, 0.5) is 14.9 Å². The van der Waals surface area contributed by atoms with Crippen LogP contribution in [-0.2, 0) is 11.2 Å². The van der Waals surface area contributed by atoms with E-state index in [1.807, 2.05) is 18.2 Å².